The molecule has 2 aromatic carbocycles. The molecule has 9 heteroatoms. The lowest BCUT2D eigenvalue weighted by Gasteiger charge is -2.00. The Morgan fingerprint density at radius 3 is 1.47 bits per heavy atom. The number of hydrogen-bond donors (Lipinski definition) is 0. The Labute approximate surface area is 203 Å². The van der Waals surface area contributed by atoms with Gasteiger partial charge in [-0.25, -0.2) is 4.98 Å². The van der Waals surface area contributed by atoms with E-state index in [0.29, 0.717) is 23.2 Å². The molecule has 0 N–H and O–H groups in total. The van der Waals surface area contributed by atoms with E-state index in [9.17, 15) is 0 Å². The first kappa shape index (κ1) is 20.1. The summed E-state index contributed by atoms with van der Waals surface area (Å²) >= 11 is 0. The number of nitrogens with zero attached hydrogens (tertiary/aromatic N) is 7. The molecular weight excluding hydrogens is 454 g/mol. The van der Waals surface area contributed by atoms with Crippen LogP contribution in [0.15, 0.2) is 100 Å². The van der Waals surface area contributed by atoms with E-state index >= 15 is 0 Å². The standard InChI is InChI=1S/C27H15N7O2/c1-3-8-20-16(6-1)12-18(14-28-20)24-31-33-26(35-24)22-10-5-11-23(30-22)27-34-32-25(36-27)19-13-17-7-2-4-9-21(17)29-15-19/h1-15H. The highest BCUT2D eigenvalue weighted by Crippen LogP contribution is 2.28. The maximum atomic E-state index is 5.91. The lowest BCUT2D eigenvalue weighted by atomic mass is 10.1. The molecule has 0 aliphatic rings. The van der Waals surface area contributed by atoms with Crippen molar-refractivity contribution in [3.05, 3.63) is 91.3 Å². The molecule has 0 saturated carbocycles. The SMILES string of the molecule is c1cc(-c2nnc(-c3cnc4ccccc4c3)o2)nc(-c2nnc(-c3cnc4ccccc4c3)o2)c1. The van der Waals surface area contributed by atoms with Gasteiger partial charge in [0.05, 0.1) is 22.2 Å². The second kappa shape index (κ2) is 8.17. The minimum atomic E-state index is 0.276. The average molecular weight is 469 g/mol. The number of benzene rings is 2. The highest BCUT2D eigenvalue weighted by atomic mass is 16.4. The van der Waals surface area contributed by atoms with Gasteiger partial charge in [0.1, 0.15) is 11.4 Å². The zero-order valence-electron chi connectivity index (χ0n) is 18.6. The summed E-state index contributed by atoms with van der Waals surface area (Å²) in [5.74, 6) is 1.27. The van der Waals surface area contributed by atoms with E-state index in [2.05, 4.69) is 35.3 Å². The van der Waals surface area contributed by atoms with Gasteiger partial charge in [-0.05, 0) is 36.4 Å². The molecule has 5 heterocycles. The molecule has 0 bridgehead atoms. The van der Waals surface area contributed by atoms with Gasteiger partial charge < -0.3 is 8.83 Å². The molecular formula is C27H15N7O2. The van der Waals surface area contributed by atoms with Crippen LogP contribution in [0.4, 0.5) is 0 Å². The van der Waals surface area contributed by atoms with Crippen molar-refractivity contribution in [3.8, 4) is 46.1 Å². The van der Waals surface area contributed by atoms with Crippen LogP contribution in [0.1, 0.15) is 0 Å². The number of pyridine rings is 3. The summed E-state index contributed by atoms with van der Waals surface area (Å²) in [5.41, 5.74) is 4.24. The van der Waals surface area contributed by atoms with Crippen LogP contribution in [0.3, 0.4) is 0 Å². The van der Waals surface area contributed by atoms with Gasteiger partial charge in [-0.1, -0.05) is 42.5 Å². The Bertz CT molecular complexity index is 1740. The normalized spacial score (nSPS) is 11.3. The Hall–Kier alpha value is -5.31. The van der Waals surface area contributed by atoms with Crippen LogP contribution in [0.25, 0.3) is 67.9 Å². The van der Waals surface area contributed by atoms with E-state index in [-0.39, 0.29) is 11.8 Å². The zero-order valence-corrected chi connectivity index (χ0v) is 18.6. The highest BCUT2D eigenvalue weighted by molar-refractivity contribution is 5.83. The molecule has 170 valence electrons. The van der Waals surface area contributed by atoms with E-state index in [4.69, 9.17) is 8.83 Å². The summed E-state index contributed by atoms with van der Waals surface area (Å²) in [4.78, 5) is 13.5. The van der Waals surface area contributed by atoms with E-state index in [0.717, 1.165) is 32.9 Å². The number of rotatable bonds is 4. The van der Waals surface area contributed by atoms with Gasteiger partial charge >= 0.3 is 0 Å². The predicted octanol–water partition coefficient (Wildman–Crippen LogP) is 5.61. The van der Waals surface area contributed by atoms with E-state index < -0.39 is 0 Å². The van der Waals surface area contributed by atoms with Crippen LogP contribution in [-0.4, -0.2) is 35.3 Å². The first-order valence-electron chi connectivity index (χ1n) is 11.2. The van der Waals surface area contributed by atoms with Crippen LogP contribution in [0, 0.1) is 0 Å². The first-order chi connectivity index (χ1) is 17.8. The highest BCUT2D eigenvalue weighted by Gasteiger charge is 2.16. The maximum Gasteiger partial charge on any atom is 0.266 e. The zero-order chi connectivity index (χ0) is 23.9. The minimum absolute atomic E-state index is 0.276. The summed E-state index contributed by atoms with van der Waals surface area (Å²) < 4.78 is 11.8. The Morgan fingerprint density at radius 2 is 0.944 bits per heavy atom. The predicted molar refractivity (Wildman–Crippen MR) is 132 cm³/mol. The summed E-state index contributed by atoms with van der Waals surface area (Å²) in [6.45, 7) is 0. The average Bonchev–Trinajstić information content (AvgIpc) is 3.64. The summed E-state index contributed by atoms with van der Waals surface area (Å²) in [6.07, 6.45) is 3.43. The third-order valence-corrected chi connectivity index (χ3v) is 5.71. The topological polar surface area (TPSA) is 117 Å². The van der Waals surface area contributed by atoms with Crippen molar-refractivity contribution in [3.63, 3.8) is 0 Å². The summed E-state index contributed by atoms with van der Waals surface area (Å²) in [7, 11) is 0. The van der Waals surface area contributed by atoms with Gasteiger partial charge in [0.25, 0.3) is 11.8 Å². The third kappa shape index (κ3) is 3.55. The molecule has 0 spiro atoms. The molecule has 0 amide bonds. The van der Waals surface area contributed by atoms with Crippen molar-refractivity contribution in [2.24, 2.45) is 0 Å². The van der Waals surface area contributed by atoms with Gasteiger partial charge in [-0.2, -0.15) is 0 Å². The Balaban J connectivity index is 1.19. The smallest absolute Gasteiger partial charge is 0.266 e. The Morgan fingerprint density at radius 1 is 0.472 bits per heavy atom. The minimum Gasteiger partial charge on any atom is -0.415 e. The molecule has 7 aromatic rings. The second-order valence-electron chi connectivity index (χ2n) is 8.07. The molecule has 9 nitrogen and oxygen atoms in total. The molecule has 0 atom stereocenters. The van der Waals surface area contributed by atoms with Gasteiger partial charge in [0.15, 0.2) is 0 Å². The maximum absolute atomic E-state index is 5.91. The fraction of sp³-hybridized carbons (Fsp3) is 0. The second-order valence-corrected chi connectivity index (χ2v) is 8.07. The van der Waals surface area contributed by atoms with Crippen molar-refractivity contribution < 1.29 is 8.83 Å². The lowest BCUT2D eigenvalue weighted by Crippen LogP contribution is -1.88. The van der Waals surface area contributed by atoms with Crippen LogP contribution in [0.5, 0.6) is 0 Å². The molecule has 0 radical (unpaired) electrons. The molecule has 0 fully saturated rings. The first-order valence-corrected chi connectivity index (χ1v) is 11.2. The lowest BCUT2D eigenvalue weighted by molar-refractivity contribution is 0.577. The fourth-order valence-corrected chi connectivity index (χ4v) is 3.94. The fourth-order valence-electron chi connectivity index (χ4n) is 3.94. The molecule has 0 saturated heterocycles. The molecule has 0 aliphatic heterocycles. The van der Waals surface area contributed by atoms with E-state index in [1.54, 1.807) is 24.5 Å². The largest absolute Gasteiger partial charge is 0.415 e. The van der Waals surface area contributed by atoms with E-state index in [1.807, 2.05) is 66.7 Å². The molecule has 0 aliphatic carbocycles. The Kier molecular flexibility index (Phi) is 4.56. The van der Waals surface area contributed by atoms with Crippen molar-refractivity contribution >= 4 is 21.8 Å². The summed E-state index contributed by atoms with van der Waals surface area (Å²) in [6, 6.07) is 25.0. The van der Waals surface area contributed by atoms with Crippen molar-refractivity contribution in [1.82, 2.24) is 35.3 Å². The van der Waals surface area contributed by atoms with Gasteiger partial charge in [0, 0.05) is 23.2 Å². The molecule has 36 heavy (non-hydrogen) atoms. The van der Waals surface area contributed by atoms with Crippen molar-refractivity contribution in [1.29, 1.82) is 0 Å². The quantitative estimate of drug-likeness (QED) is 0.324. The number of para-hydroxylation sites is 2. The van der Waals surface area contributed by atoms with Crippen LogP contribution in [-0.2, 0) is 0 Å². The molecule has 5 aromatic heterocycles. The van der Waals surface area contributed by atoms with Crippen molar-refractivity contribution in [2.75, 3.05) is 0 Å². The third-order valence-electron chi connectivity index (χ3n) is 5.71. The summed E-state index contributed by atoms with van der Waals surface area (Å²) in [5, 5.41) is 18.7. The number of aromatic nitrogens is 7. The van der Waals surface area contributed by atoms with Gasteiger partial charge in [0.2, 0.25) is 11.8 Å². The van der Waals surface area contributed by atoms with Gasteiger partial charge in [-0.15, -0.1) is 20.4 Å². The van der Waals surface area contributed by atoms with Gasteiger partial charge in [-0.3, -0.25) is 9.97 Å². The monoisotopic (exact) mass is 469 g/mol. The number of hydrogen-bond acceptors (Lipinski definition) is 9. The molecule has 0 unspecified atom stereocenters. The van der Waals surface area contributed by atoms with Crippen LogP contribution < -0.4 is 0 Å². The van der Waals surface area contributed by atoms with E-state index in [1.165, 1.54) is 0 Å². The van der Waals surface area contributed by atoms with Crippen LogP contribution >= 0.6 is 0 Å². The van der Waals surface area contributed by atoms with Crippen LogP contribution in [0.2, 0.25) is 0 Å². The van der Waals surface area contributed by atoms with Crippen molar-refractivity contribution in [2.45, 2.75) is 0 Å². The number of fused-ring (bicyclic) bond motifs is 2. The molecule has 7 rings (SSSR count).